The van der Waals surface area contributed by atoms with Crippen LogP contribution < -0.4 is 10.6 Å². The van der Waals surface area contributed by atoms with Crippen LogP contribution in [0.5, 0.6) is 0 Å². The maximum atomic E-state index is 11.0. The molecule has 2 rings (SSSR count). The molecule has 0 unspecified atom stereocenters. The van der Waals surface area contributed by atoms with Crippen molar-refractivity contribution in [3.8, 4) is 0 Å². The Bertz CT molecular complexity index is 646. The molecule has 0 saturated carbocycles. The van der Waals surface area contributed by atoms with Crippen molar-refractivity contribution in [2.24, 2.45) is 0 Å². The van der Waals surface area contributed by atoms with Gasteiger partial charge in [-0.25, -0.2) is 4.79 Å². The Hall–Kier alpha value is -2.37. The SMILES string of the molecule is Cc1cccc(CNC[C@H](O)[C@H](Cc2ccccc2)NC(=O)O)c1. The van der Waals surface area contributed by atoms with Gasteiger partial charge in [-0.2, -0.15) is 0 Å². The second kappa shape index (κ2) is 9.05. The average molecular weight is 328 g/mol. The normalized spacial score (nSPS) is 13.2. The zero-order chi connectivity index (χ0) is 17.4. The monoisotopic (exact) mass is 328 g/mol. The summed E-state index contributed by atoms with van der Waals surface area (Å²) in [6, 6.07) is 17.1. The highest BCUT2D eigenvalue weighted by Gasteiger charge is 2.21. The van der Waals surface area contributed by atoms with Crippen molar-refractivity contribution in [2.45, 2.75) is 32.0 Å². The van der Waals surface area contributed by atoms with E-state index in [4.69, 9.17) is 5.11 Å². The Morgan fingerprint density at radius 3 is 2.46 bits per heavy atom. The number of carboxylic acid groups (broad SMARTS) is 1. The first-order chi connectivity index (χ1) is 11.5. The van der Waals surface area contributed by atoms with Crippen LogP contribution in [-0.4, -0.2) is 35.0 Å². The van der Waals surface area contributed by atoms with Crippen LogP contribution in [0, 0.1) is 6.92 Å². The highest BCUT2D eigenvalue weighted by Crippen LogP contribution is 2.07. The van der Waals surface area contributed by atoms with Gasteiger partial charge in [0.25, 0.3) is 0 Å². The van der Waals surface area contributed by atoms with Gasteiger partial charge >= 0.3 is 6.09 Å². The Kier molecular flexibility index (Phi) is 6.78. The summed E-state index contributed by atoms with van der Waals surface area (Å²) in [7, 11) is 0. The maximum absolute atomic E-state index is 11.0. The lowest BCUT2D eigenvalue weighted by atomic mass is 10.0. The van der Waals surface area contributed by atoms with E-state index in [9.17, 15) is 9.90 Å². The molecule has 0 aliphatic rings. The van der Waals surface area contributed by atoms with Crippen LogP contribution in [0.2, 0.25) is 0 Å². The average Bonchev–Trinajstić information content (AvgIpc) is 2.55. The van der Waals surface area contributed by atoms with Crippen molar-refractivity contribution in [1.29, 1.82) is 0 Å². The number of carbonyl (C=O) groups is 1. The molecule has 0 spiro atoms. The summed E-state index contributed by atoms with van der Waals surface area (Å²) in [6.45, 7) is 2.97. The number of hydrogen-bond donors (Lipinski definition) is 4. The van der Waals surface area contributed by atoms with Crippen molar-refractivity contribution >= 4 is 6.09 Å². The molecule has 0 aliphatic heterocycles. The lowest BCUT2D eigenvalue weighted by Crippen LogP contribution is -2.48. The topological polar surface area (TPSA) is 81.6 Å². The standard InChI is InChI=1S/C19H24N2O3/c1-14-6-5-9-16(10-14)12-20-13-18(22)17(21-19(23)24)11-15-7-3-2-4-8-15/h2-10,17-18,20-22H,11-13H2,1H3,(H,23,24)/t17-,18-/m0/s1. The fraction of sp³-hybridized carbons (Fsp3) is 0.316. The summed E-state index contributed by atoms with van der Waals surface area (Å²) in [6.07, 6.45) is -1.50. The summed E-state index contributed by atoms with van der Waals surface area (Å²) in [5, 5.41) is 25.0. The van der Waals surface area contributed by atoms with Crippen LogP contribution in [0.1, 0.15) is 16.7 Å². The van der Waals surface area contributed by atoms with Crippen molar-refractivity contribution in [1.82, 2.24) is 10.6 Å². The fourth-order valence-electron chi connectivity index (χ4n) is 2.64. The molecular weight excluding hydrogens is 304 g/mol. The number of hydrogen-bond acceptors (Lipinski definition) is 3. The van der Waals surface area contributed by atoms with Gasteiger partial charge in [0.1, 0.15) is 0 Å². The van der Waals surface area contributed by atoms with E-state index in [0.29, 0.717) is 19.5 Å². The number of benzene rings is 2. The largest absolute Gasteiger partial charge is 0.465 e. The number of aliphatic hydroxyl groups is 1. The predicted octanol–water partition coefficient (Wildman–Crippen LogP) is 2.32. The van der Waals surface area contributed by atoms with E-state index in [1.54, 1.807) is 0 Å². The number of aliphatic hydroxyl groups excluding tert-OH is 1. The van der Waals surface area contributed by atoms with Crippen LogP contribution in [0.15, 0.2) is 54.6 Å². The van der Waals surface area contributed by atoms with E-state index in [2.05, 4.69) is 16.7 Å². The van der Waals surface area contributed by atoms with Crippen LogP contribution in [0.25, 0.3) is 0 Å². The molecule has 4 N–H and O–H groups in total. The Labute approximate surface area is 142 Å². The summed E-state index contributed by atoms with van der Waals surface area (Å²) < 4.78 is 0. The zero-order valence-corrected chi connectivity index (χ0v) is 13.8. The summed E-state index contributed by atoms with van der Waals surface area (Å²) in [4.78, 5) is 11.0. The lowest BCUT2D eigenvalue weighted by molar-refractivity contribution is 0.117. The molecule has 0 fully saturated rings. The van der Waals surface area contributed by atoms with Gasteiger partial charge in [-0.3, -0.25) is 0 Å². The lowest BCUT2D eigenvalue weighted by Gasteiger charge is -2.23. The summed E-state index contributed by atoms with van der Waals surface area (Å²) >= 11 is 0. The molecule has 0 aliphatic carbocycles. The van der Waals surface area contributed by atoms with Crippen molar-refractivity contribution in [2.75, 3.05) is 6.54 Å². The van der Waals surface area contributed by atoms with Gasteiger partial charge in [-0.15, -0.1) is 0 Å². The minimum atomic E-state index is -1.13. The van der Waals surface area contributed by atoms with Gasteiger partial charge in [0, 0.05) is 13.1 Å². The molecule has 2 aromatic rings. The molecule has 0 bridgehead atoms. The second-order valence-corrected chi connectivity index (χ2v) is 5.93. The fourth-order valence-corrected chi connectivity index (χ4v) is 2.64. The second-order valence-electron chi connectivity index (χ2n) is 5.93. The van der Waals surface area contributed by atoms with Gasteiger partial charge in [0.15, 0.2) is 0 Å². The quantitative estimate of drug-likeness (QED) is 0.599. The third kappa shape index (κ3) is 6.02. The van der Waals surface area contributed by atoms with Gasteiger partial charge < -0.3 is 20.8 Å². The smallest absolute Gasteiger partial charge is 0.404 e. The number of amides is 1. The molecule has 2 atom stereocenters. The van der Waals surface area contributed by atoms with Crippen molar-refractivity contribution in [3.05, 3.63) is 71.3 Å². The first-order valence-corrected chi connectivity index (χ1v) is 8.02. The molecule has 0 heterocycles. The van der Waals surface area contributed by atoms with E-state index >= 15 is 0 Å². The molecule has 1 amide bonds. The van der Waals surface area contributed by atoms with Gasteiger partial charge in [-0.05, 0) is 24.5 Å². The molecule has 5 nitrogen and oxygen atoms in total. The van der Waals surface area contributed by atoms with E-state index in [0.717, 1.165) is 11.1 Å². The first-order valence-electron chi connectivity index (χ1n) is 8.02. The minimum absolute atomic E-state index is 0.311. The molecule has 0 aromatic heterocycles. The highest BCUT2D eigenvalue weighted by molar-refractivity contribution is 5.65. The first kappa shape index (κ1) is 18.0. The van der Waals surface area contributed by atoms with Crippen LogP contribution in [0.4, 0.5) is 4.79 Å². The minimum Gasteiger partial charge on any atom is -0.465 e. The van der Waals surface area contributed by atoms with Crippen LogP contribution >= 0.6 is 0 Å². The molecular formula is C19H24N2O3. The van der Waals surface area contributed by atoms with E-state index in [1.165, 1.54) is 5.56 Å². The molecule has 128 valence electrons. The van der Waals surface area contributed by atoms with Crippen LogP contribution in [0.3, 0.4) is 0 Å². The molecule has 24 heavy (non-hydrogen) atoms. The Morgan fingerprint density at radius 1 is 1.08 bits per heavy atom. The third-order valence-electron chi connectivity index (χ3n) is 3.84. The molecule has 0 radical (unpaired) electrons. The van der Waals surface area contributed by atoms with Crippen molar-refractivity contribution in [3.63, 3.8) is 0 Å². The van der Waals surface area contributed by atoms with Gasteiger partial charge in [0.2, 0.25) is 0 Å². The van der Waals surface area contributed by atoms with E-state index in [1.807, 2.05) is 55.5 Å². The predicted molar refractivity (Wildman–Crippen MR) is 94.0 cm³/mol. The third-order valence-corrected chi connectivity index (χ3v) is 3.84. The van der Waals surface area contributed by atoms with Crippen LogP contribution in [-0.2, 0) is 13.0 Å². The van der Waals surface area contributed by atoms with Gasteiger partial charge in [-0.1, -0.05) is 60.2 Å². The van der Waals surface area contributed by atoms with Gasteiger partial charge in [0.05, 0.1) is 12.1 Å². The maximum Gasteiger partial charge on any atom is 0.404 e. The summed E-state index contributed by atoms with van der Waals surface area (Å²) in [5.74, 6) is 0. The molecule has 2 aromatic carbocycles. The number of nitrogens with one attached hydrogen (secondary N) is 2. The van der Waals surface area contributed by atoms with E-state index in [-0.39, 0.29) is 0 Å². The zero-order valence-electron chi connectivity index (χ0n) is 13.8. The Balaban J connectivity index is 1.89. The molecule has 5 heteroatoms. The highest BCUT2D eigenvalue weighted by atomic mass is 16.4. The number of aryl methyl sites for hydroxylation is 1. The summed E-state index contributed by atoms with van der Waals surface area (Å²) in [5.41, 5.74) is 3.30. The Morgan fingerprint density at radius 2 is 1.79 bits per heavy atom. The number of rotatable bonds is 8. The van der Waals surface area contributed by atoms with Crippen molar-refractivity contribution < 1.29 is 15.0 Å². The molecule has 0 saturated heterocycles. The van der Waals surface area contributed by atoms with E-state index < -0.39 is 18.2 Å².